The third-order valence-corrected chi connectivity index (χ3v) is 7.64. The molecule has 3 nitrogen and oxygen atoms in total. The third-order valence-electron chi connectivity index (χ3n) is 3.22. The van der Waals surface area contributed by atoms with E-state index in [-0.39, 0.29) is 26.6 Å². The fraction of sp³-hybridized carbons (Fsp3) is 1.00. The summed E-state index contributed by atoms with van der Waals surface area (Å²) in [7, 11) is 0. The fourth-order valence-corrected chi connectivity index (χ4v) is 7.51. The van der Waals surface area contributed by atoms with Gasteiger partial charge in [-0.05, 0) is 49.7 Å². The summed E-state index contributed by atoms with van der Waals surface area (Å²) in [5.41, 5.74) is -0.732. The van der Waals surface area contributed by atoms with Crippen molar-refractivity contribution in [2.75, 3.05) is 12.4 Å². The van der Waals surface area contributed by atoms with E-state index in [1.807, 2.05) is 11.8 Å². The first-order valence-corrected chi connectivity index (χ1v) is 12.3. The molecule has 0 aliphatic carbocycles. The maximum Gasteiger partial charge on any atom is 0.101 e. The summed E-state index contributed by atoms with van der Waals surface area (Å²) in [6.45, 7) is 8.69. The van der Waals surface area contributed by atoms with Crippen molar-refractivity contribution in [3.8, 4) is 0 Å². The standard InChI is InChI=1S/C17H36O3S4/c1-12(2)9-14(19)23-16(21)11-17(22-8-6-5-7-18)24-15(20)10-13(3)4/h12-21H,5-11H2,1-4H3. The molecular weight excluding hydrogens is 380 g/mol. The van der Waals surface area contributed by atoms with Gasteiger partial charge in [0.2, 0.25) is 0 Å². The first-order valence-electron chi connectivity index (χ1n) is 8.82. The van der Waals surface area contributed by atoms with Crippen LogP contribution >= 0.6 is 47.9 Å². The lowest BCUT2D eigenvalue weighted by Gasteiger charge is -2.24. The molecule has 3 N–H and O–H groups in total. The number of aliphatic hydroxyl groups is 3. The normalized spacial score (nSPS) is 17.2. The van der Waals surface area contributed by atoms with E-state index in [4.69, 9.17) is 5.11 Å². The second-order valence-electron chi connectivity index (χ2n) is 6.86. The summed E-state index contributed by atoms with van der Waals surface area (Å²) in [5.74, 6) is 1.92. The van der Waals surface area contributed by atoms with Gasteiger partial charge in [0.1, 0.15) is 10.9 Å². The van der Waals surface area contributed by atoms with Gasteiger partial charge >= 0.3 is 0 Å². The molecule has 0 fully saturated rings. The molecule has 0 aromatic carbocycles. The van der Waals surface area contributed by atoms with E-state index < -0.39 is 0 Å². The highest BCUT2D eigenvalue weighted by Gasteiger charge is 2.22. The Morgan fingerprint density at radius 2 is 1.38 bits per heavy atom. The highest BCUT2D eigenvalue weighted by Crippen LogP contribution is 2.37. The van der Waals surface area contributed by atoms with Crippen molar-refractivity contribution < 1.29 is 15.3 Å². The van der Waals surface area contributed by atoms with Gasteiger partial charge in [-0.1, -0.05) is 27.7 Å². The minimum Gasteiger partial charge on any atom is -0.396 e. The quantitative estimate of drug-likeness (QED) is 0.177. The van der Waals surface area contributed by atoms with Gasteiger partial charge in [-0.15, -0.1) is 35.3 Å². The van der Waals surface area contributed by atoms with Gasteiger partial charge in [0, 0.05) is 6.61 Å². The molecule has 4 unspecified atom stereocenters. The summed E-state index contributed by atoms with van der Waals surface area (Å²) in [6.07, 6.45) is 4.22. The lowest BCUT2D eigenvalue weighted by atomic mass is 10.1. The Morgan fingerprint density at radius 1 is 0.833 bits per heavy atom. The molecule has 0 aliphatic rings. The van der Waals surface area contributed by atoms with Crippen molar-refractivity contribution in [2.24, 2.45) is 11.8 Å². The van der Waals surface area contributed by atoms with Crippen LogP contribution in [0.5, 0.6) is 0 Å². The molecule has 0 radical (unpaired) electrons. The van der Waals surface area contributed by atoms with Crippen LogP contribution in [-0.2, 0) is 0 Å². The minimum atomic E-state index is -0.377. The van der Waals surface area contributed by atoms with Crippen LogP contribution in [0.2, 0.25) is 0 Å². The van der Waals surface area contributed by atoms with Crippen molar-refractivity contribution in [1.29, 1.82) is 0 Å². The molecule has 146 valence electrons. The number of hydrogen-bond acceptors (Lipinski definition) is 7. The monoisotopic (exact) mass is 416 g/mol. The summed E-state index contributed by atoms with van der Waals surface area (Å²) >= 11 is 9.60. The highest BCUT2D eigenvalue weighted by molar-refractivity contribution is 8.17. The smallest absolute Gasteiger partial charge is 0.101 e. The molecule has 0 rings (SSSR count). The SMILES string of the molecule is CC(C)CC(O)SC(S)CC(SCCCCO)SC(O)CC(C)C. The zero-order chi connectivity index (χ0) is 18.5. The van der Waals surface area contributed by atoms with Gasteiger partial charge in [-0.3, -0.25) is 0 Å². The van der Waals surface area contributed by atoms with E-state index in [0.717, 1.165) is 37.9 Å². The molecule has 0 aromatic heterocycles. The molecule has 0 amide bonds. The van der Waals surface area contributed by atoms with Crippen LogP contribution in [0, 0.1) is 11.8 Å². The lowest BCUT2D eigenvalue weighted by molar-refractivity contribution is 0.233. The molecule has 0 saturated heterocycles. The van der Waals surface area contributed by atoms with Crippen molar-refractivity contribution in [3.63, 3.8) is 0 Å². The lowest BCUT2D eigenvalue weighted by Crippen LogP contribution is -2.16. The number of rotatable bonds is 15. The van der Waals surface area contributed by atoms with Crippen LogP contribution in [0.3, 0.4) is 0 Å². The second-order valence-corrected chi connectivity index (χ2v) is 12.2. The topological polar surface area (TPSA) is 60.7 Å². The largest absolute Gasteiger partial charge is 0.396 e. The Morgan fingerprint density at radius 3 is 1.88 bits per heavy atom. The fourth-order valence-electron chi connectivity index (χ4n) is 2.09. The Kier molecular flexibility index (Phi) is 16.2. The molecule has 7 heteroatoms. The van der Waals surface area contributed by atoms with Gasteiger partial charge in [-0.2, -0.15) is 12.6 Å². The Balaban J connectivity index is 4.38. The zero-order valence-electron chi connectivity index (χ0n) is 15.4. The van der Waals surface area contributed by atoms with Crippen LogP contribution in [0.4, 0.5) is 0 Å². The van der Waals surface area contributed by atoms with E-state index in [1.54, 1.807) is 11.8 Å². The molecule has 0 aliphatic heterocycles. The molecule has 0 bridgehead atoms. The molecule has 0 saturated carbocycles. The summed E-state index contributed by atoms with van der Waals surface area (Å²) < 4.78 is 0.325. The van der Waals surface area contributed by atoms with Gasteiger partial charge < -0.3 is 15.3 Å². The number of thiol groups is 1. The molecule has 24 heavy (non-hydrogen) atoms. The van der Waals surface area contributed by atoms with E-state index in [1.165, 1.54) is 11.8 Å². The predicted octanol–water partition coefficient (Wildman–Crippen LogP) is 4.66. The van der Waals surface area contributed by atoms with Crippen LogP contribution in [-0.4, -0.2) is 47.7 Å². The van der Waals surface area contributed by atoms with E-state index in [9.17, 15) is 10.2 Å². The van der Waals surface area contributed by atoms with E-state index >= 15 is 0 Å². The number of aliphatic hydroxyl groups excluding tert-OH is 3. The molecule has 0 spiro atoms. The van der Waals surface area contributed by atoms with Crippen LogP contribution in [0.15, 0.2) is 0 Å². The first kappa shape index (κ1) is 25.3. The third kappa shape index (κ3) is 15.5. The first-order chi connectivity index (χ1) is 11.2. The number of hydrogen-bond donors (Lipinski definition) is 4. The van der Waals surface area contributed by atoms with Gasteiger partial charge in [-0.25, -0.2) is 0 Å². The summed E-state index contributed by atoms with van der Waals surface area (Å²) in [5, 5.41) is 29.2. The second kappa shape index (κ2) is 15.3. The average Bonchev–Trinajstić information content (AvgIpc) is 2.41. The van der Waals surface area contributed by atoms with E-state index in [2.05, 4.69) is 40.3 Å². The van der Waals surface area contributed by atoms with Gasteiger partial charge in [0.25, 0.3) is 0 Å². The van der Waals surface area contributed by atoms with Crippen LogP contribution in [0.25, 0.3) is 0 Å². The maximum absolute atomic E-state index is 10.2. The van der Waals surface area contributed by atoms with Gasteiger partial charge in [0.15, 0.2) is 0 Å². The summed E-state index contributed by atoms with van der Waals surface area (Å²) in [6, 6.07) is 0. The predicted molar refractivity (Wildman–Crippen MR) is 116 cm³/mol. The zero-order valence-corrected chi connectivity index (χ0v) is 18.8. The molecule has 0 heterocycles. The van der Waals surface area contributed by atoms with Crippen molar-refractivity contribution >= 4 is 47.9 Å². The average molecular weight is 417 g/mol. The molecule has 0 aromatic rings. The van der Waals surface area contributed by atoms with E-state index in [0.29, 0.717) is 11.8 Å². The van der Waals surface area contributed by atoms with Crippen LogP contribution in [0.1, 0.15) is 59.8 Å². The minimum absolute atomic E-state index is 0.0628. The Labute approximate surface area is 166 Å². The Hall–Kier alpha value is 1.28. The van der Waals surface area contributed by atoms with Crippen molar-refractivity contribution in [2.45, 2.75) is 79.8 Å². The van der Waals surface area contributed by atoms with Gasteiger partial charge in [0.05, 0.1) is 9.16 Å². The maximum atomic E-state index is 10.2. The van der Waals surface area contributed by atoms with Crippen molar-refractivity contribution in [1.82, 2.24) is 0 Å². The van der Waals surface area contributed by atoms with Crippen LogP contribution < -0.4 is 0 Å². The van der Waals surface area contributed by atoms with Crippen molar-refractivity contribution in [3.05, 3.63) is 0 Å². The molecular formula is C17H36O3S4. The highest BCUT2D eigenvalue weighted by atomic mass is 32.2. The number of thioether (sulfide) groups is 3. The molecule has 4 atom stereocenters. The Bertz CT molecular complexity index is 293. The number of unbranched alkanes of at least 4 members (excludes halogenated alkanes) is 1. The summed E-state index contributed by atoms with van der Waals surface area (Å²) in [4.78, 5) is 0.